The van der Waals surface area contributed by atoms with Crippen LogP contribution in [0.5, 0.6) is 0 Å². The summed E-state index contributed by atoms with van der Waals surface area (Å²) in [6.45, 7) is 0. The lowest BCUT2D eigenvalue weighted by molar-refractivity contribution is 1.37. The molecule has 82 valence electrons. The molecule has 0 amide bonds. The first-order valence-electron chi connectivity index (χ1n) is 4.53. The second-order valence-electron chi connectivity index (χ2n) is 3.13. The van der Waals surface area contributed by atoms with Gasteiger partial charge in [0, 0.05) is 23.8 Å². The smallest absolute Gasteiger partial charge is 0.0418 e. The highest BCUT2D eigenvalue weighted by molar-refractivity contribution is 9.10. The van der Waals surface area contributed by atoms with Crippen molar-refractivity contribution in [3.63, 3.8) is 0 Å². The van der Waals surface area contributed by atoms with E-state index in [9.17, 15) is 0 Å². The summed E-state index contributed by atoms with van der Waals surface area (Å²) in [6.07, 6.45) is 0. The Morgan fingerprint density at radius 2 is 1.62 bits per heavy atom. The van der Waals surface area contributed by atoms with Gasteiger partial charge in [0.1, 0.15) is 0 Å². The van der Waals surface area contributed by atoms with Crippen LogP contribution in [0.15, 0.2) is 61.2 Å². The van der Waals surface area contributed by atoms with Crippen molar-refractivity contribution in [1.29, 1.82) is 0 Å². The number of hydrogen-bond donors (Lipinski definition) is 0. The quantitative estimate of drug-likeness (QED) is 0.616. The maximum absolute atomic E-state index is 5.90. The van der Waals surface area contributed by atoms with Crippen LogP contribution in [0.25, 0.3) is 0 Å². The maximum atomic E-state index is 5.90. The van der Waals surface area contributed by atoms with Gasteiger partial charge in [0.25, 0.3) is 0 Å². The molecule has 0 heterocycles. The van der Waals surface area contributed by atoms with Crippen molar-refractivity contribution in [3.8, 4) is 0 Å². The van der Waals surface area contributed by atoms with Crippen LogP contribution in [-0.4, -0.2) is 0 Å². The van der Waals surface area contributed by atoms with Gasteiger partial charge in [-0.2, -0.15) is 0 Å². The fourth-order valence-electron chi connectivity index (χ4n) is 1.19. The molecular formula is C12H7Br2ClS. The van der Waals surface area contributed by atoms with Gasteiger partial charge in [-0.15, -0.1) is 0 Å². The minimum atomic E-state index is 0.743. The van der Waals surface area contributed by atoms with Crippen molar-refractivity contribution >= 4 is 55.2 Å². The van der Waals surface area contributed by atoms with Crippen LogP contribution in [0.4, 0.5) is 0 Å². The highest BCUT2D eigenvalue weighted by Crippen LogP contribution is 2.35. The largest absolute Gasteiger partial charge is 0.0889 e. The van der Waals surface area contributed by atoms with Gasteiger partial charge in [-0.3, -0.25) is 0 Å². The molecule has 0 radical (unpaired) electrons. The molecule has 16 heavy (non-hydrogen) atoms. The van der Waals surface area contributed by atoms with E-state index in [1.165, 1.54) is 4.90 Å². The summed E-state index contributed by atoms with van der Waals surface area (Å²) >= 11 is 14.5. The molecule has 0 unspecified atom stereocenters. The fourth-order valence-corrected chi connectivity index (χ4v) is 3.20. The zero-order chi connectivity index (χ0) is 11.5. The van der Waals surface area contributed by atoms with Gasteiger partial charge in [0.2, 0.25) is 0 Å². The molecule has 0 nitrogen and oxygen atoms in total. The standard InChI is InChI=1S/C12H7Br2ClS/c13-8-1-4-10(5-2-8)16-12-6-3-9(15)7-11(12)14/h1-7H. The van der Waals surface area contributed by atoms with E-state index < -0.39 is 0 Å². The summed E-state index contributed by atoms with van der Waals surface area (Å²) < 4.78 is 2.11. The van der Waals surface area contributed by atoms with E-state index in [2.05, 4.69) is 44.0 Å². The van der Waals surface area contributed by atoms with Crippen molar-refractivity contribution in [3.05, 3.63) is 56.4 Å². The average molecular weight is 379 g/mol. The molecule has 2 aromatic carbocycles. The normalized spacial score (nSPS) is 10.4. The Kier molecular flexibility index (Phi) is 4.36. The molecule has 0 aliphatic heterocycles. The molecule has 0 aliphatic carbocycles. The zero-order valence-corrected chi connectivity index (χ0v) is 12.8. The number of rotatable bonds is 2. The van der Waals surface area contributed by atoms with E-state index in [4.69, 9.17) is 11.6 Å². The van der Waals surface area contributed by atoms with E-state index in [0.29, 0.717) is 0 Å². The molecule has 2 aromatic rings. The minimum absolute atomic E-state index is 0.743. The molecule has 0 fully saturated rings. The highest BCUT2D eigenvalue weighted by atomic mass is 79.9. The monoisotopic (exact) mass is 376 g/mol. The summed E-state index contributed by atoms with van der Waals surface area (Å²) in [6, 6.07) is 14.0. The first-order chi connectivity index (χ1) is 7.65. The Balaban J connectivity index is 2.23. The lowest BCUT2D eigenvalue weighted by Gasteiger charge is -2.04. The van der Waals surface area contributed by atoms with Crippen LogP contribution in [0.2, 0.25) is 5.02 Å². The predicted octanol–water partition coefficient (Wildman–Crippen LogP) is 6.02. The first-order valence-corrected chi connectivity index (χ1v) is 7.32. The van der Waals surface area contributed by atoms with Gasteiger partial charge in [-0.1, -0.05) is 39.3 Å². The lowest BCUT2D eigenvalue weighted by Crippen LogP contribution is -1.76. The lowest BCUT2D eigenvalue weighted by atomic mass is 10.4. The summed E-state index contributed by atoms with van der Waals surface area (Å²) in [7, 11) is 0. The Morgan fingerprint density at radius 3 is 2.25 bits per heavy atom. The summed E-state index contributed by atoms with van der Waals surface area (Å²) in [4.78, 5) is 2.36. The molecule has 0 atom stereocenters. The first kappa shape index (κ1) is 12.5. The van der Waals surface area contributed by atoms with Crippen LogP contribution in [0.3, 0.4) is 0 Å². The van der Waals surface area contributed by atoms with Crippen LogP contribution < -0.4 is 0 Å². The number of halogens is 3. The van der Waals surface area contributed by atoms with Crippen LogP contribution in [0.1, 0.15) is 0 Å². The molecule has 0 aliphatic rings. The Labute approximate surface area is 121 Å². The highest BCUT2D eigenvalue weighted by Gasteiger charge is 2.03. The third kappa shape index (κ3) is 3.27. The average Bonchev–Trinajstić information content (AvgIpc) is 2.25. The van der Waals surface area contributed by atoms with Crippen molar-refractivity contribution in [2.24, 2.45) is 0 Å². The predicted molar refractivity (Wildman–Crippen MR) is 77.4 cm³/mol. The van der Waals surface area contributed by atoms with E-state index in [1.807, 2.05) is 30.3 Å². The zero-order valence-electron chi connectivity index (χ0n) is 8.08. The fraction of sp³-hybridized carbons (Fsp3) is 0. The second-order valence-corrected chi connectivity index (χ2v) is 6.45. The second kappa shape index (κ2) is 5.58. The third-order valence-corrected chi connectivity index (χ3v) is 4.70. The van der Waals surface area contributed by atoms with E-state index in [-0.39, 0.29) is 0 Å². The van der Waals surface area contributed by atoms with Gasteiger partial charge in [-0.05, 0) is 58.4 Å². The van der Waals surface area contributed by atoms with Gasteiger partial charge in [0.15, 0.2) is 0 Å². The summed E-state index contributed by atoms with van der Waals surface area (Å²) in [5, 5.41) is 0.743. The summed E-state index contributed by atoms with van der Waals surface area (Å²) in [5.41, 5.74) is 0. The van der Waals surface area contributed by atoms with Crippen molar-refractivity contribution in [2.45, 2.75) is 9.79 Å². The van der Waals surface area contributed by atoms with Gasteiger partial charge >= 0.3 is 0 Å². The third-order valence-electron chi connectivity index (χ3n) is 1.94. The van der Waals surface area contributed by atoms with Crippen LogP contribution >= 0.6 is 55.2 Å². The van der Waals surface area contributed by atoms with Crippen molar-refractivity contribution in [2.75, 3.05) is 0 Å². The molecular weight excluding hydrogens is 371 g/mol. The Morgan fingerprint density at radius 1 is 0.938 bits per heavy atom. The molecule has 0 spiro atoms. The SMILES string of the molecule is Clc1ccc(Sc2ccc(Br)cc2)c(Br)c1. The Hall–Kier alpha value is 0.0400. The molecule has 4 heteroatoms. The van der Waals surface area contributed by atoms with Crippen molar-refractivity contribution < 1.29 is 0 Å². The topological polar surface area (TPSA) is 0 Å². The molecule has 0 N–H and O–H groups in total. The summed E-state index contributed by atoms with van der Waals surface area (Å²) in [5.74, 6) is 0. The Bertz CT molecular complexity index is 497. The van der Waals surface area contributed by atoms with Crippen LogP contribution in [0, 0.1) is 0 Å². The maximum Gasteiger partial charge on any atom is 0.0418 e. The van der Waals surface area contributed by atoms with E-state index in [0.717, 1.165) is 18.9 Å². The van der Waals surface area contributed by atoms with E-state index >= 15 is 0 Å². The molecule has 0 saturated carbocycles. The molecule has 2 rings (SSSR count). The molecule has 0 bridgehead atoms. The van der Waals surface area contributed by atoms with Gasteiger partial charge in [-0.25, -0.2) is 0 Å². The van der Waals surface area contributed by atoms with Crippen molar-refractivity contribution in [1.82, 2.24) is 0 Å². The number of hydrogen-bond acceptors (Lipinski definition) is 1. The number of benzene rings is 2. The van der Waals surface area contributed by atoms with Crippen LogP contribution in [-0.2, 0) is 0 Å². The van der Waals surface area contributed by atoms with Gasteiger partial charge in [0.05, 0.1) is 0 Å². The molecule has 0 aromatic heterocycles. The minimum Gasteiger partial charge on any atom is -0.0889 e. The van der Waals surface area contributed by atoms with Gasteiger partial charge < -0.3 is 0 Å². The molecule has 0 saturated heterocycles. The van der Waals surface area contributed by atoms with E-state index in [1.54, 1.807) is 11.8 Å².